The van der Waals surface area contributed by atoms with E-state index in [-0.39, 0.29) is 5.69 Å². The summed E-state index contributed by atoms with van der Waals surface area (Å²) in [5.74, 6) is -2.21. The van der Waals surface area contributed by atoms with Gasteiger partial charge in [0.2, 0.25) is 0 Å². The second kappa shape index (κ2) is 9.60. The first-order valence-corrected chi connectivity index (χ1v) is 11.5. The fourth-order valence-electron chi connectivity index (χ4n) is 3.21. The highest BCUT2D eigenvalue weighted by atomic mass is 79.9. The number of hydrogen-bond donors (Lipinski definition) is 3. The molecule has 0 saturated carbocycles. The molecule has 0 aliphatic heterocycles. The van der Waals surface area contributed by atoms with Crippen LogP contribution in [-0.2, 0) is 9.59 Å². The van der Waals surface area contributed by atoms with Gasteiger partial charge in [0.1, 0.15) is 5.69 Å². The van der Waals surface area contributed by atoms with Gasteiger partial charge in [0.05, 0.1) is 5.52 Å². The van der Waals surface area contributed by atoms with Crippen molar-refractivity contribution in [1.29, 1.82) is 0 Å². The average Bonchev–Trinajstić information content (AvgIpc) is 3.12. The molecular formula is C24H18Br2N4O3. The van der Waals surface area contributed by atoms with E-state index < -0.39 is 17.7 Å². The number of halogens is 2. The lowest BCUT2D eigenvalue weighted by Gasteiger charge is -2.13. The predicted molar refractivity (Wildman–Crippen MR) is 136 cm³/mol. The minimum Gasteiger partial charge on any atom is -0.321 e. The van der Waals surface area contributed by atoms with Gasteiger partial charge < -0.3 is 10.6 Å². The molecule has 3 N–H and O–H groups in total. The Kier molecular flexibility index (Phi) is 6.62. The van der Waals surface area contributed by atoms with Crippen molar-refractivity contribution < 1.29 is 14.4 Å². The summed E-state index contributed by atoms with van der Waals surface area (Å²) in [5, 5.41) is 6.08. The highest BCUT2D eigenvalue weighted by Gasteiger charge is 2.21. The molecule has 4 rings (SSSR count). The second-order valence-electron chi connectivity index (χ2n) is 7.29. The van der Waals surface area contributed by atoms with Gasteiger partial charge in [-0.1, -0.05) is 55.6 Å². The summed E-state index contributed by atoms with van der Waals surface area (Å²) in [4.78, 5) is 38.2. The summed E-state index contributed by atoms with van der Waals surface area (Å²) in [6.45, 7) is 1.95. The second-order valence-corrected chi connectivity index (χ2v) is 9.13. The molecule has 9 heteroatoms. The van der Waals surface area contributed by atoms with E-state index in [0.29, 0.717) is 22.3 Å². The molecular weight excluding hydrogens is 552 g/mol. The number of carbonyl (C=O) groups excluding carboxylic acids is 3. The zero-order valence-corrected chi connectivity index (χ0v) is 20.5. The third-order valence-electron chi connectivity index (χ3n) is 4.81. The highest BCUT2D eigenvalue weighted by molar-refractivity contribution is 9.10. The number of amides is 3. The Labute approximate surface area is 206 Å². The molecule has 1 aromatic heterocycles. The average molecular weight is 570 g/mol. The van der Waals surface area contributed by atoms with Crippen LogP contribution in [-0.4, -0.2) is 22.4 Å². The molecule has 0 atom stereocenters. The Morgan fingerprint density at radius 2 is 1.48 bits per heavy atom. The molecule has 166 valence electrons. The van der Waals surface area contributed by atoms with Gasteiger partial charge >= 0.3 is 11.8 Å². The van der Waals surface area contributed by atoms with E-state index in [1.807, 2.05) is 25.1 Å². The van der Waals surface area contributed by atoms with Crippen LogP contribution in [0.25, 0.3) is 10.9 Å². The summed E-state index contributed by atoms with van der Waals surface area (Å²) < 4.78 is 2.89. The highest BCUT2D eigenvalue weighted by Crippen LogP contribution is 2.24. The van der Waals surface area contributed by atoms with Crippen molar-refractivity contribution in [2.24, 2.45) is 0 Å². The molecule has 4 aromatic rings. The van der Waals surface area contributed by atoms with Crippen LogP contribution in [0.2, 0.25) is 0 Å². The number of nitrogens with zero attached hydrogens (tertiary/aromatic N) is 1. The van der Waals surface area contributed by atoms with Crippen molar-refractivity contribution in [3.63, 3.8) is 0 Å². The summed E-state index contributed by atoms with van der Waals surface area (Å²) in [6, 6.07) is 21.2. The third-order valence-corrected chi connectivity index (χ3v) is 5.79. The molecule has 0 bridgehead atoms. The first-order chi connectivity index (χ1) is 15.8. The zero-order chi connectivity index (χ0) is 23.5. The Balaban J connectivity index is 1.62. The summed E-state index contributed by atoms with van der Waals surface area (Å²) >= 11 is 6.74. The number of fused-ring (bicyclic) bond motifs is 1. The Morgan fingerprint density at radius 3 is 2.21 bits per heavy atom. The van der Waals surface area contributed by atoms with Crippen molar-refractivity contribution in [3.8, 4) is 0 Å². The molecule has 0 aliphatic carbocycles. The van der Waals surface area contributed by atoms with Crippen LogP contribution >= 0.6 is 31.9 Å². The van der Waals surface area contributed by atoms with Gasteiger partial charge in [-0.3, -0.25) is 19.8 Å². The molecule has 7 nitrogen and oxygen atoms in total. The minimum absolute atomic E-state index is 0.173. The molecule has 33 heavy (non-hydrogen) atoms. The van der Waals surface area contributed by atoms with Crippen molar-refractivity contribution in [2.75, 3.05) is 16.1 Å². The third kappa shape index (κ3) is 5.32. The molecule has 0 unspecified atom stereocenters. The topological polar surface area (TPSA) is 92.2 Å². The molecule has 1 heterocycles. The molecule has 0 fully saturated rings. The molecule has 3 amide bonds. The number of aromatic nitrogens is 1. The Hall–Kier alpha value is -3.43. The van der Waals surface area contributed by atoms with E-state index in [9.17, 15) is 14.4 Å². The van der Waals surface area contributed by atoms with Crippen molar-refractivity contribution >= 4 is 71.9 Å². The van der Waals surface area contributed by atoms with Crippen molar-refractivity contribution in [1.82, 2.24) is 4.68 Å². The van der Waals surface area contributed by atoms with E-state index >= 15 is 0 Å². The van der Waals surface area contributed by atoms with E-state index in [0.717, 1.165) is 14.5 Å². The van der Waals surface area contributed by atoms with Crippen LogP contribution in [0.3, 0.4) is 0 Å². The lowest BCUT2D eigenvalue weighted by Crippen LogP contribution is -2.36. The van der Waals surface area contributed by atoms with Gasteiger partial charge in [-0.15, -0.1) is 0 Å². The smallest absolute Gasteiger partial charge is 0.321 e. The lowest BCUT2D eigenvalue weighted by atomic mass is 10.2. The summed E-state index contributed by atoms with van der Waals surface area (Å²) in [6.07, 6.45) is 0. The van der Waals surface area contributed by atoms with Crippen molar-refractivity contribution in [2.45, 2.75) is 6.92 Å². The SMILES string of the molecule is Cc1ccc(NC(=O)c2cc3cc(Br)ccc3n2NC(=O)C(=O)Nc2cccc(Br)c2)cc1. The number of nitrogens with one attached hydrogen (secondary N) is 3. The fourth-order valence-corrected chi connectivity index (χ4v) is 3.99. The summed E-state index contributed by atoms with van der Waals surface area (Å²) in [5.41, 5.74) is 5.42. The number of aryl methyl sites for hydroxylation is 1. The molecule has 0 spiro atoms. The maximum atomic E-state index is 13.1. The van der Waals surface area contributed by atoms with E-state index in [1.54, 1.807) is 54.6 Å². The van der Waals surface area contributed by atoms with Crippen LogP contribution < -0.4 is 16.1 Å². The van der Waals surface area contributed by atoms with Crippen LogP contribution in [0, 0.1) is 6.92 Å². The van der Waals surface area contributed by atoms with Crippen LogP contribution in [0.1, 0.15) is 16.1 Å². The van der Waals surface area contributed by atoms with E-state index in [4.69, 9.17) is 0 Å². The van der Waals surface area contributed by atoms with Crippen LogP contribution in [0.5, 0.6) is 0 Å². The number of anilines is 2. The summed E-state index contributed by atoms with van der Waals surface area (Å²) in [7, 11) is 0. The fraction of sp³-hybridized carbons (Fsp3) is 0.0417. The van der Waals surface area contributed by atoms with Crippen molar-refractivity contribution in [3.05, 3.63) is 93.0 Å². The Morgan fingerprint density at radius 1 is 0.758 bits per heavy atom. The van der Waals surface area contributed by atoms with Crippen LogP contribution in [0.15, 0.2) is 81.7 Å². The molecule has 0 radical (unpaired) electrons. The predicted octanol–water partition coefficient (Wildman–Crippen LogP) is 5.44. The standard InChI is InChI=1S/C24H18Br2N4O3/c1-14-5-8-18(9-6-14)27-22(31)21-12-15-11-17(26)7-10-20(15)30(21)29-24(33)23(32)28-19-4-2-3-16(25)13-19/h2-13H,1H3,(H,27,31)(H,28,32)(H,29,33). The minimum atomic E-state index is -0.917. The van der Waals surface area contributed by atoms with Gasteiger partial charge in [0.15, 0.2) is 0 Å². The number of hydrogen-bond acceptors (Lipinski definition) is 3. The Bertz CT molecular complexity index is 1380. The molecule has 0 aliphatic rings. The molecule has 0 saturated heterocycles. The van der Waals surface area contributed by atoms with Gasteiger partial charge in [-0.05, 0) is 61.5 Å². The van der Waals surface area contributed by atoms with Gasteiger partial charge in [-0.25, -0.2) is 4.68 Å². The van der Waals surface area contributed by atoms with Gasteiger partial charge in [0, 0.05) is 25.7 Å². The number of rotatable bonds is 4. The maximum absolute atomic E-state index is 13.1. The zero-order valence-electron chi connectivity index (χ0n) is 17.4. The first kappa shape index (κ1) is 22.8. The monoisotopic (exact) mass is 568 g/mol. The quantitative estimate of drug-likeness (QED) is 0.286. The van der Waals surface area contributed by atoms with E-state index in [2.05, 4.69) is 47.9 Å². The molecule has 3 aromatic carbocycles. The number of benzene rings is 3. The largest absolute Gasteiger partial charge is 0.328 e. The number of carbonyl (C=O) groups is 3. The maximum Gasteiger partial charge on any atom is 0.328 e. The normalized spacial score (nSPS) is 10.6. The van der Waals surface area contributed by atoms with Gasteiger partial charge in [0.25, 0.3) is 5.91 Å². The van der Waals surface area contributed by atoms with E-state index in [1.165, 1.54) is 4.68 Å². The lowest BCUT2D eigenvalue weighted by molar-refractivity contribution is -0.133. The van der Waals surface area contributed by atoms with Gasteiger partial charge in [-0.2, -0.15) is 0 Å². The van der Waals surface area contributed by atoms with Crippen LogP contribution in [0.4, 0.5) is 11.4 Å². The first-order valence-electron chi connectivity index (χ1n) is 9.87.